The summed E-state index contributed by atoms with van der Waals surface area (Å²) in [6, 6.07) is 12.9. The Morgan fingerprint density at radius 3 is 2.65 bits per heavy atom. The second-order valence-corrected chi connectivity index (χ2v) is 5.52. The maximum atomic E-state index is 12.5. The molecule has 0 aliphatic carbocycles. The Morgan fingerprint density at radius 1 is 1.19 bits per heavy atom. The molecule has 1 aromatic heterocycles. The van der Waals surface area contributed by atoms with Crippen molar-refractivity contribution < 1.29 is 14.8 Å². The number of hydrogen-bond donors (Lipinski definition) is 2. The number of nitrogens with one attached hydrogen (secondary N) is 1. The van der Waals surface area contributed by atoms with Gasteiger partial charge < -0.3 is 10.4 Å². The number of ketones is 1. The van der Waals surface area contributed by atoms with Gasteiger partial charge >= 0.3 is 0 Å². The summed E-state index contributed by atoms with van der Waals surface area (Å²) in [6.45, 7) is 0.270. The van der Waals surface area contributed by atoms with E-state index >= 15 is 0 Å². The normalized spacial score (nSPS) is 10.5. The Hall–Kier alpha value is -3.52. The fourth-order valence-electron chi connectivity index (χ4n) is 2.49. The van der Waals surface area contributed by atoms with Crippen molar-refractivity contribution >= 4 is 22.8 Å². The zero-order valence-corrected chi connectivity index (χ0v) is 13.7. The maximum Gasteiger partial charge on any atom is 0.293 e. The molecule has 0 saturated heterocycles. The van der Waals surface area contributed by atoms with Crippen LogP contribution >= 0.6 is 0 Å². The van der Waals surface area contributed by atoms with Crippen molar-refractivity contribution in [2.24, 2.45) is 0 Å². The summed E-state index contributed by atoms with van der Waals surface area (Å²) in [6.07, 6.45) is 3.13. The van der Waals surface area contributed by atoms with E-state index in [9.17, 15) is 14.9 Å². The van der Waals surface area contributed by atoms with Gasteiger partial charge in [-0.3, -0.25) is 19.6 Å². The summed E-state index contributed by atoms with van der Waals surface area (Å²) < 4.78 is 1.52. The van der Waals surface area contributed by atoms with Crippen molar-refractivity contribution in [3.05, 3.63) is 82.2 Å². The highest BCUT2D eigenvalue weighted by Gasteiger charge is 2.19. The molecule has 0 aliphatic rings. The molecular weight excluding hydrogens is 336 g/mol. The number of nitrogens with zero attached hydrogens (tertiary/aromatic N) is 3. The average Bonchev–Trinajstić information content (AvgIpc) is 3.09. The number of aromatic nitrogens is 2. The van der Waals surface area contributed by atoms with Crippen molar-refractivity contribution in [1.29, 1.82) is 0 Å². The summed E-state index contributed by atoms with van der Waals surface area (Å²) in [7, 11) is 0. The summed E-state index contributed by atoms with van der Waals surface area (Å²) in [5, 5.41) is 27.3. The molecule has 26 heavy (non-hydrogen) atoms. The lowest BCUT2D eigenvalue weighted by Gasteiger charge is -2.07. The molecule has 8 heteroatoms. The Kier molecular flexibility index (Phi) is 5.04. The van der Waals surface area contributed by atoms with E-state index in [-0.39, 0.29) is 29.3 Å². The molecule has 2 aromatic carbocycles. The van der Waals surface area contributed by atoms with Crippen LogP contribution in [0.5, 0.6) is 0 Å². The molecule has 8 nitrogen and oxygen atoms in total. The van der Waals surface area contributed by atoms with Crippen molar-refractivity contribution in [1.82, 2.24) is 9.78 Å². The molecule has 1 heterocycles. The fraction of sp³-hybridized carbons (Fsp3) is 0.111. The minimum atomic E-state index is -0.539. The number of anilines is 2. The summed E-state index contributed by atoms with van der Waals surface area (Å²) >= 11 is 0. The third-order valence-corrected chi connectivity index (χ3v) is 3.73. The number of nitro groups is 1. The van der Waals surface area contributed by atoms with E-state index in [1.807, 2.05) is 0 Å². The largest absolute Gasteiger partial charge is 0.394 e. The minimum absolute atomic E-state index is 0.0580. The molecule has 0 unspecified atom stereocenters. The van der Waals surface area contributed by atoms with E-state index in [1.165, 1.54) is 23.0 Å². The van der Waals surface area contributed by atoms with Gasteiger partial charge in [-0.25, -0.2) is 0 Å². The molecule has 0 fully saturated rings. The van der Waals surface area contributed by atoms with Crippen molar-refractivity contribution in [3.63, 3.8) is 0 Å². The Bertz CT molecular complexity index is 937. The van der Waals surface area contributed by atoms with Gasteiger partial charge in [0.1, 0.15) is 5.69 Å². The van der Waals surface area contributed by atoms with Gasteiger partial charge in [0.05, 0.1) is 30.0 Å². The van der Waals surface area contributed by atoms with Gasteiger partial charge in [0, 0.05) is 23.4 Å². The molecule has 0 bridgehead atoms. The highest BCUT2D eigenvalue weighted by Crippen LogP contribution is 2.29. The molecule has 132 valence electrons. The number of hydrogen-bond acceptors (Lipinski definition) is 6. The topological polar surface area (TPSA) is 110 Å². The van der Waals surface area contributed by atoms with Crippen LogP contribution in [0.1, 0.15) is 15.9 Å². The lowest BCUT2D eigenvalue weighted by atomic mass is 10.0. The number of carbonyl (C=O) groups excluding carboxylic acids is 1. The van der Waals surface area contributed by atoms with E-state index in [0.717, 1.165) is 0 Å². The van der Waals surface area contributed by atoms with Crippen LogP contribution in [-0.4, -0.2) is 32.2 Å². The molecule has 0 radical (unpaired) electrons. The molecule has 3 rings (SSSR count). The third kappa shape index (κ3) is 3.76. The predicted octanol–water partition coefficient (Wildman–Crippen LogP) is 2.76. The molecule has 2 N–H and O–H groups in total. The van der Waals surface area contributed by atoms with Gasteiger partial charge in [-0.2, -0.15) is 5.10 Å². The lowest BCUT2D eigenvalue weighted by Crippen LogP contribution is -2.04. The first-order valence-corrected chi connectivity index (χ1v) is 7.87. The minimum Gasteiger partial charge on any atom is -0.394 e. The monoisotopic (exact) mass is 352 g/mol. The lowest BCUT2D eigenvalue weighted by molar-refractivity contribution is -0.383. The molecule has 0 atom stereocenters. The number of aliphatic hydroxyl groups excluding tert-OH is 1. The van der Waals surface area contributed by atoms with Crippen LogP contribution in [0, 0.1) is 10.1 Å². The molecule has 0 amide bonds. The highest BCUT2D eigenvalue weighted by molar-refractivity contribution is 6.09. The summed E-state index contributed by atoms with van der Waals surface area (Å²) in [5.74, 6) is -0.281. The van der Waals surface area contributed by atoms with Gasteiger partial charge in [-0.15, -0.1) is 0 Å². The van der Waals surface area contributed by atoms with Crippen LogP contribution in [0.15, 0.2) is 60.9 Å². The number of benzene rings is 2. The standard InChI is InChI=1S/C18H16N4O4/c23-9-8-21-12-15(11-19-21)20-16-7-6-14(10-17(16)22(25)26)18(24)13-4-2-1-3-5-13/h1-7,10-12,20,23H,8-9H2. The fourth-order valence-corrected chi connectivity index (χ4v) is 2.49. The second kappa shape index (κ2) is 7.58. The summed E-state index contributed by atoms with van der Waals surface area (Å²) in [4.78, 5) is 23.4. The smallest absolute Gasteiger partial charge is 0.293 e. The SMILES string of the molecule is O=C(c1ccccc1)c1ccc(Nc2cnn(CCO)c2)c([N+](=O)[O-])c1. The summed E-state index contributed by atoms with van der Waals surface area (Å²) in [5.41, 5.74) is 1.30. The van der Waals surface area contributed by atoms with Crippen LogP contribution in [0.2, 0.25) is 0 Å². The van der Waals surface area contributed by atoms with Crippen LogP contribution in [-0.2, 0) is 6.54 Å². The average molecular weight is 352 g/mol. The van der Waals surface area contributed by atoms with Crippen LogP contribution < -0.4 is 5.32 Å². The van der Waals surface area contributed by atoms with Crippen molar-refractivity contribution in [2.75, 3.05) is 11.9 Å². The van der Waals surface area contributed by atoms with Crippen molar-refractivity contribution in [2.45, 2.75) is 6.54 Å². The number of aliphatic hydroxyl groups is 1. The van der Waals surface area contributed by atoms with Gasteiger partial charge in [0.2, 0.25) is 0 Å². The van der Waals surface area contributed by atoms with Crippen LogP contribution in [0.3, 0.4) is 0 Å². The van der Waals surface area contributed by atoms with Crippen molar-refractivity contribution in [3.8, 4) is 0 Å². The van der Waals surface area contributed by atoms with Gasteiger partial charge in [-0.05, 0) is 12.1 Å². The van der Waals surface area contributed by atoms with E-state index < -0.39 is 4.92 Å². The Labute approximate surface area is 148 Å². The van der Waals surface area contributed by atoms with E-state index in [4.69, 9.17) is 5.11 Å². The molecule has 0 aliphatic heterocycles. The molecule has 3 aromatic rings. The van der Waals surface area contributed by atoms with Gasteiger partial charge in [0.15, 0.2) is 5.78 Å². The highest BCUT2D eigenvalue weighted by atomic mass is 16.6. The zero-order chi connectivity index (χ0) is 18.5. The molecule has 0 spiro atoms. The van der Waals surface area contributed by atoms with E-state index in [1.54, 1.807) is 42.6 Å². The first-order chi connectivity index (χ1) is 12.6. The number of rotatable bonds is 7. The molecular formula is C18H16N4O4. The quantitative estimate of drug-likeness (QED) is 0.384. The number of nitro benzene ring substituents is 1. The maximum absolute atomic E-state index is 12.5. The van der Waals surface area contributed by atoms with Gasteiger partial charge in [0.25, 0.3) is 5.69 Å². The van der Waals surface area contributed by atoms with Gasteiger partial charge in [-0.1, -0.05) is 30.3 Å². The Balaban J connectivity index is 1.89. The molecule has 0 saturated carbocycles. The van der Waals surface area contributed by atoms with Crippen LogP contribution in [0.25, 0.3) is 0 Å². The first kappa shape index (κ1) is 17.3. The number of carbonyl (C=O) groups is 1. The van der Waals surface area contributed by atoms with E-state index in [0.29, 0.717) is 17.8 Å². The Morgan fingerprint density at radius 2 is 1.96 bits per heavy atom. The van der Waals surface area contributed by atoms with Crippen LogP contribution in [0.4, 0.5) is 17.1 Å². The predicted molar refractivity (Wildman–Crippen MR) is 95.6 cm³/mol. The third-order valence-electron chi connectivity index (χ3n) is 3.73. The first-order valence-electron chi connectivity index (χ1n) is 7.87. The zero-order valence-electron chi connectivity index (χ0n) is 13.7. The second-order valence-electron chi connectivity index (χ2n) is 5.52. The van der Waals surface area contributed by atoms with E-state index in [2.05, 4.69) is 10.4 Å².